The quantitative estimate of drug-likeness (QED) is 0.795. The maximum atomic E-state index is 12.2. The van der Waals surface area contributed by atoms with Gasteiger partial charge in [0, 0.05) is 30.2 Å². The molecule has 102 valence electrons. The SMILES string of the molecule is CN1C(=O)CC2c3[nH]c4ccccc4c3CCN2C1=O. The van der Waals surface area contributed by atoms with Crippen molar-refractivity contribution in [2.24, 2.45) is 0 Å². The molecule has 1 saturated heterocycles. The number of hydrogen-bond donors (Lipinski definition) is 1. The van der Waals surface area contributed by atoms with Crippen LogP contribution in [-0.4, -0.2) is 40.3 Å². The molecule has 1 unspecified atom stereocenters. The van der Waals surface area contributed by atoms with Crippen molar-refractivity contribution in [3.63, 3.8) is 0 Å². The summed E-state index contributed by atoms with van der Waals surface area (Å²) in [6, 6.07) is 7.83. The van der Waals surface area contributed by atoms with Crippen LogP contribution >= 0.6 is 0 Å². The number of nitrogens with one attached hydrogen (secondary N) is 1. The fourth-order valence-electron chi connectivity index (χ4n) is 3.36. The van der Waals surface area contributed by atoms with Crippen molar-refractivity contribution in [3.05, 3.63) is 35.5 Å². The van der Waals surface area contributed by atoms with Gasteiger partial charge in [-0.25, -0.2) is 4.79 Å². The zero-order valence-corrected chi connectivity index (χ0v) is 11.2. The minimum absolute atomic E-state index is 0.109. The predicted molar refractivity (Wildman–Crippen MR) is 74.2 cm³/mol. The molecule has 4 rings (SSSR count). The van der Waals surface area contributed by atoms with Crippen molar-refractivity contribution in [1.82, 2.24) is 14.8 Å². The third-order valence-corrected chi connectivity index (χ3v) is 4.43. The Hall–Kier alpha value is -2.30. The molecule has 2 aliphatic rings. The molecule has 20 heavy (non-hydrogen) atoms. The molecule has 2 aliphatic heterocycles. The molecule has 0 aliphatic carbocycles. The summed E-state index contributed by atoms with van der Waals surface area (Å²) in [4.78, 5) is 30.6. The van der Waals surface area contributed by atoms with Gasteiger partial charge in [-0.05, 0) is 18.1 Å². The molecule has 1 aromatic carbocycles. The molecule has 3 heterocycles. The number of imide groups is 1. The second kappa shape index (κ2) is 3.85. The average Bonchev–Trinajstić information content (AvgIpc) is 2.84. The Morgan fingerprint density at radius 2 is 2.05 bits per heavy atom. The van der Waals surface area contributed by atoms with Crippen LogP contribution in [-0.2, 0) is 11.2 Å². The first kappa shape index (κ1) is 11.5. The summed E-state index contributed by atoms with van der Waals surface area (Å²) in [5.74, 6) is -0.109. The highest BCUT2D eigenvalue weighted by atomic mass is 16.2. The molecule has 1 N–H and O–H groups in total. The molecule has 5 heteroatoms. The minimum atomic E-state index is -0.185. The summed E-state index contributed by atoms with van der Waals surface area (Å²) in [6.07, 6.45) is 1.20. The number of nitrogens with zero attached hydrogens (tertiary/aromatic N) is 2. The Balaban J connectivity index is 1.87. The molecule has 5 nitrogen and oxygen atoms in total. The number of para-hydroxylation sites is 1. The van der Waals surface area contributed by atoms with Gasteiger partial charge in [0.05, 0.1) is 12.5 Å². The van der Waals surface area contributed by atoms with E-state index < -0.39 is 0 Å². The number of carbonyl (C=O) groups is 2. The number of benzene rings is 1. The van der Waals surface area contributed by atoms with E-state index in [0.29, 0.717) is 13.0 Å². The van der Waals surface area contributed by atoms with Crippen LogP contribution in [0.5, 0.6) is 0 Å². The number of carbonyl (C=O) groups excluding carboxylic acids is 2. The first-order chi connectivity index (χ1) is 9.66. The largest absolute Gasteiger partial charge is 0.356 e. The van der Waals surface area contributed by atoms with Gasteiger partial charge in [-0.15, -0.1) is 0 Å². The van der Waals surface area contributed by atoms with E-state index in [1.165, 1.54) is 15.8 Å². The van der Waals surface area contributed by atoms with Crippen LogP contribution in [0.1, 0.15) is 23.7 Å². The molecule has 0 saturated carbocycles. The van der Waals surface area contributed by atoms with Gasteiger partial charge in [-0.2, -0.15) is 0 Å². The van der Waals surface area contributed by atoms with E-state index in [1.54, 1.807) is 11.9 Å². The van der Waals surface area contributed by atoms with Crippen LogP contribution in [0.25, 0.3) is 10.9 Å². The molecule has 0 spiro atoms. The highest BCUT2D eigenvalue weighted by Crippen LogP contribution is 2.38. The number of fused-ring (bicyclic) bond motifs is 5. The van der Waals surface area contributed by atoms with Crippen molar-refractivity contribution in [1.29, 1.82) is 0 Å². The highest BCUT2D eigenvalue weighted by Gasteiger charge is 2.41. The minimum Gasteiger partial charge on any atom is -0.356 e. The van der Waals surface area contributed by atoms with Gasteiger partial charge in [0.1, 0.15) is 0 Å². The lowest BCUT2D eigenvalue weighted by molar-refractivity contribution is -0.131. The summed E-state index contributed by atoms with van der Waals surface area (Å²) in [5, 5.41) is 1.21. The average molecular weight is 269 g/mol. The number of hydrogen-bond acceptors (Lipinski definition) is 2. The van der Waals surface area contributed by atoms with Crippen LogP contribution in [0.4, 0.5) is 4.79 Å². The van der Waals surface area contributed by atoms with Gasteiger partial charge in [-0.3, -0.25) is 9.69 Å². The van der Waals surface area contributed by atoms with E-state index >= 15 is 0 Å². The summed E-state index contributed by atoms with van der Waals surface area (Å²) in [5.41, 5.74) is 3.37. The van der Waals surface area contributed by atoms with Crippen molar-refractivity contribution in [2.75, 3.05) is 13.6 Å². The summed E-state index contributed by atoms with van der Waals surface area (Å²) in [7, 11) is 1.56. The molecule has 0 bridgehead atoms. The second-order valence-corrected chi connectivity index (χ2v) is 5.46. The maximum Gasteiger partial charge on any atom is 0.327 e. The summed E-state index contributed by atoms with van der Waals surface area (Å²) >= 11 is 0. The number of urea groups is 1. The van der Waals surface area contributed by atoms with Crippen molar-refractivity contribution >= 4 is 22.8 Å². The maximum absolute atomic E-state index is 12.2. The predicted octanol–water partition coefficient (Wildman–Crippen LogP) is 2.05. The monoisotopic (exact) mass is 269 g/mol. The molecule has 1 fully saturated rings. The Labute approximate surface area is 116 Å². The zero-order chi connectivity index (χ0) is 13.9. The number of aromatic nitrogens is 1. The fourth-order valence-corrected chi connectivity index (χ4v) is 3.36. The molecular formula is C15H15N3O2. The van der Waals surface area contributed by atoms with Crippen LogP contribution in [0.2, 0.25) is 0 Å². The third kappa shape index (κ3) is 1.37. The lowest BCUT2D eigenvalue weighted by Crippen LogP contribution is -2.53. The molecular weight excluding hydrogens is 254 g/mol. The Morgan fingerprint density at radius 3 is 2.90 bits per heavy atom. The molecule has 1 atom stereocenters. The lowest BCUT2D eigenvalue weighted by atomic mass is 9.94. The van der Waals surface area contributed by atoms with E-state index in [0.717, 1.165) is 17.6 Å². The third-order valence-electron chi connectivity index (χ3n) is 4.43. The van der Waals surface area contributed by atoms with E-state index in [2.05, 4.69) is 11.1 Å². The number of rotatable bonds is 0. The van der Waals surface area contributed by atoms with Crippen molar-refractivity contribution in [3.8, 4) is 0 Å². The van der Waals surface area contributed by atoms with Crippen LogP contribution in [0.3, 0.4) is 0 Å². The highest BCUT2D eigenvalue weighted by molar-refractivity contribution is 5.98. The molecule has 1 aromatic heterocycles. The zero-order valence-electron chi connectivity index (χ0n) is 11.2. The molecule has 0 radical (unpaired) electrons. The van der Waals surface area contributed by atoms with E-state index in [1.807, 2.05) is 18.2 Å². The first-order valence-corrected chi connectivity index (χ1v) is 6.83. The summed E-state index contributed by atoms with van der Waals surface area (Å²) in [6.45, 7) is 0.677. The van der Waals surface area contributed by atoms with Crippen LogP contribution in [0, 0.1) is 0 Å². The van der Waals surface area contributed by atoms with Gasteiger partial charge in [0.15, 0.2) is 0 Å². The van der Waals surface area contributed by atoms with Crippen molar-refractivity contribution < 1.29 is 9.59 Å². The van der Waals surface area contributed by atoms with E-state index in [4.69, 9.17) is 0 Å². The topological polar surface area (TPSA) is 56.4 Å². The number of aromatic amines is 1. The van der Waals surface area contributed by atoms with Crippen LogP contribution < -0.4 is 0 Å². The van der Waals surface area contributed by atoms with E-state index in [-0.39, 0.29) is 18.0 Å². The Kier molecular flexibility index (Phi) is 2.22. The standard InChI is InChI=1S/C15H15N3O2/c1-17-13(19)8-12-14-10(6-7-18(12)15(17)20)9-4-2-3-5-11(9)16-14/h2-5,12,16H,6-8H2,1H3. The fraction of sp³-hybridized carbons (Fsp3) is 0.333. The Bertz CT molecular complexity index is 734. The molecule has 2 aromatic rings. The van der Waals surface area contributed by atoms with Gasteiger partial charge < -0.3 is 9.88 Å². The smallest absolute Gasteiger partial charge is 0.327 e. The second-order valence-electron chi connectivity index (χ2n) is 5.46. The van der Waals surface area contributed by atoms with Crippen LogP contribution in [0.15, 0.2) is 24.3 Å². The number of amides is 3. The summed E-state index contributed by atoms with van der Waals surface area (Å²) < 4.78 is 0. The van der Waals surface area contributed by atoms with Gasteiger partial charge in [0.2, 0.25) is 5.91 Å². The van der Waals surface area contributed by atoms with Crippen molar-refractivity contribution in [2.45, 2.75) is 18.9 Å². The Morgan fingerprint density at radius 1 is 1.25 bits per heavy atom. The molecule has 3 amide bonds. The van der Waals surface area contributed by atoms with Gasteiger partial charge in [-0.1, -0.05) is 18.2 Å². The first-order valence-electron chi connectivity index (χ1n) is 6.83. The van der Waals surface area contributed by atoms with Gasteiger partial charge >= 0.3 is 6.03 Å². The lowest BCUT2D eigenvalue weighted by Gasteiger charge is -2.41. The normalized spacial score (nSPS) is 22.1. The number of H-pyrrole nitrogens is 1. The van der Waals surface area contributed by atoms with Gasteiger partial charge in [0.25, 0.3) is 0 Å². The van der Waals surface area contributed by atoms with E-state index in [9.17, 15) is 9.59 Å².